The molecule has 0 fully saturated rings. The molecule has 5 nitrogen and oxygen atoms in total. The highest BCUT2D eigenvalue weighted by atomic mass is 16.5. The molecule has 0 aliphatic heterocycles. The first-order valence-electron chi connectivity index (χ1n) is 3.56. The minimum absolute atomic E-state index is 0.156. The molecule has 0 bridgehead atoms. The van der Waals surface area contributed by atoms with Gasteiger partial charge < -0.3 is 15.4 Å². The van der Waals surface area contributed by atoms with Gasteiger partial charge in [0.25, 0.3) is 0 Å². The van der Waals surface area contributed by atoms with Crippen molar-refractivity contribution in [2.45, 2.75) is 0 Å². The number of anilines is 1. The van der Waals surface area contributed by atoms with Crippen molar-refractivity contribution in [3.8, 4) is 0 Å². The first-order chi connectivity index (χ1) is 6.18. The Morgan fingerprint density at radius 1 is 1.54 bits per heavy atom. The zero-order valence-corrected chi connectivity index (χ0v) is 6.52. The van der Waals surface area contributed by atoms with Gasteiger partial charge in [0.1, 0.15) is 0 Å². The Balaban J connectivity index is 2.70. The third kappa shape index (κ3) is 1.10. The lowest BCUT2D eigenvalue weighted by Gasteiger charge is -1.91. The molecule has 0 atom stereocenters. The molecule has 0 aliphatic rings. The topological polar surface area (TPSA) is 89.4 Å². The molecule has 1 heterocycles. The van der Waals surface area contributed by atoms with Crippen molar-refractivity contribution < 1.29 is 14.4 Å². The summed E-state index contributed by atoms with van der Waals surface area (Å²) in [5.74, 6) is -0.733. The van der Waals surface area contributed by atoms with Gasteiger partial charge in [0.15, 0.2) is 11.4 Å². The summed E-state index contributed by atoms with van der Waals surface area (Å²) in [5, 5.41) is 12.8. The van der Waals surface area contributed by atoms with Gasteiger partial charge in [-0.1, -0.05) is 5.16 Å². The number of carboxylic acids is 1. The molecule has 2 rings (SSSR count). The van der Waals surface area contributed by atoms with E-state index in [0.29, 0.717) is 11.0 Å². The van der Waals surface area contributed by atoms with Crippen LogP contribution in [-0.4, -0.2) is 16.2 Å². The Morgan fingerprint density at radius 3 is 3.00 bits per heavy atom. The van der Waals surface area contributed by atoms with Crippen LogP contribution >= 0.6 is 0 Å². The third-order valence-corrected chi connectivity index (χ3v) is 1.75. The average Bonchev–Trinajstić information content (AvgIpc) is 2.47. The minimum atomic E-state index is -1.00. The average molecular weight is 178 g/mol. The van der Waals surface area contributed by atoms with E-state index in [-0.39, 0.29) is 11.4 Å². The van der Waals surface area contributed by atoms with Gasteiger partial charge in [-0.05, 0) is 18.2 Å². The molecule has 0 spiro atoms. The lowest BCUT2D eigenvalue weighted by Crippen LogP contribution is -1.94. The number of benzene rings is 1. The van der Waals surface area contributed by atoms with E-state index in [2.05, 4.69) is 5.16 Å². The van der Waals surface area contributed by atoms with Crippen LogP contribution in [0.2, 0.25) is 0 Å². The van der Waals surface area contributed by atoms with Crippen molar-refractivity contribution >= 4 is 22.8 Å². The van der Waals surface area contributed by atoms with Crippen LogP contribution < -0.4 is 5.73 Å². The molecule has 2 aromatic rings. The number of aromatic nitrogens is 1. The van der Waals surface area contributed by atoms with Gasteiger partial charge in [-0.3, -0.25) is 0 Å². The Bertz CT molecular complexity index is 475. The maximum Gasteiger partial charge on any atom is 0.335 e. The zero-order valence-electron chi connectivity index (χ0n) is 6.52. The van der Waals surface area contributed by atoms with Gasteiger partial charge in [0.05, 0.1) is 10.9 Å². The summed E-state index contributed by atoms with van der Waals surface area (Å²) < 4.78 is 4.80. The predicted molar refractivity (Wildman–Crippen MR) is 45.4 cm³/mol. The lowest BCUT2D eigenvalue weighted by atomic mass is 10.2. The molecular weight excluding hydrogens is 172 g/mol. The first-order valence-corrected chi connectivity index (χ1v) is 3.56. The summed E-state index contributed by atoms with van der Waals surface area (Å²) in [5.41, 5.74) is 5.99. The number of rotatable bonds is 1. The van der Waals surface area contributed by atoms with E-state index < -0.39 is 5.97 Å². The van der Waals surface area contributed by atoms with Crippen molar-refractivity contribution in [2.24, 2.45) is 0 Å². The fourth-order valence-corrected chi connectivity index (χ4v) is 1.09. The quantitative estimate of drug-likeness (QED) is 0.682. The molecule has 0 saturated carbocycles. The normalized spacial score (nSPS) is 10.5. The van der Waals surface area contributed by atoms with Crippen molar-refractivity contribution in [1.82, 2.24) is 5.16 Å². The maximum absolute atomic E-state index is 10.6. The van der Waals surface area contributed by atoms with Gasteiger partial charge in [0.2, 0.25) is 0 Å². The minimum Gasteiger partial charge on any atom is -0.478 e. The molecule has 13 heavy (non-hydrogen) atoms. The monoisotopic (exact) mass is 178 g/mol. The second kappa shape index (κ2) is 2.48. The summed E-state index contributed by atoms with van der Waals surface area (Å²) in [6, 6.07) is 4.42. The Kier molecular flexibility index (Phi) is 1.45. The maximum atomic E-state index is 10.6. The van der Waals surface area contributed by atoms with Crippen LogP contribution in [0.5, 0.6) is 0 Å². The molecule has 0 radical (unpaired) electrons. The molecular formula is C8H6N2O3. The summed E-state index contributed by atoms with van der Waals surface area (Å²) in [6.07, 6.45) is 0. The van der Waals surface area contributed by atoms with Crippen LogP contribution in [-0.2, 0) is 0 Å². The Morgan fingerprint density at radius 2 is 2.31 bits per heavy atom. The SMILES string of the molecule is Nc1noc2cc(C(=O)O)ccc12. The zero-order chi connectivity index (χ0) is 9.42. The molecule has 0 unspecified atom stereocenters. The summed E-state index contributed by atoms with van der Waals surface area (Å²) in [4.78, 5) is 10.6. The van der Waals surface area contributed by atoms with E-state index in [1.165, 1.54) is 12.1 Å². The van der Waals surface area contributed by atoms with E-state index in [4.69, 9.17) is 15.4 Å². The highest BCUT2D eigenvalue weighted by molar-refractivity contribution is 5.95. The van der Waals surface area contributed by atoms with Crippen molar-refractivity contribution in [2.75, 3.05) is 5.73 Å². The van der Waals surface area contributed by atoms with Gasteiger partial charge in [-0.15, -0.1) is 0 Å². The number of nitrogens with zero attached hydrogens (tertiary/aromatic N) is 1. The van der Waals surface area contributed by atoms with E-state index in [0.717, 1.165) is 0 Å². The lowest BCUT2D eigenvalue weighted by molar-refractivity contribution is 0.0697. The first kappa shape index (κ1) is 7.60. The van der Waals surface area contributed by atoms with Gasteiger partial charge in [0, 0.05) is 0 Å². The molecule has 66 valence electrons. The molecule has 0 aliphatic carbocycles. The summed E-state index contributed by atoms with van der Waals surface area (Å²) in [7, 11) is 0. The number of carbonyl (C=O) groups is 1. The Hall–Kier alpha value is -2.04. The van der Waals surface area contributed by atoms with Crippen LogP contribution in [0.3, 0.4) is 0 Å². The standard InChI is InChI=1S/C8H6N2O3/c9-7-5-2-1-4(8(11)12)3-6(5)13-10-7/h1-3H,(H2,9,10)(H,11,12). The fourth-order valence-electron chi connectivity index (χ4n) is 1.09. The summed E-state index contributed by atoms with van der Waals surface area (Å²) in [6.45, 7) is 0. The van der Waals surface area contributed by atoms with Crippen molar-refractivity contribution in [1.29, 1.82) is 0 Å². The van der Waals surface area contributed by atoms with Gasteiger partial charge in [-0.25, -0.2) is 4.79 Å². The second-order valence-corrected chi connectivity index (χ2v) is 2.58. The van der Waals surface area contributed by atoms with Crippen LogP contribution in [0, 0.1) is 0 Å². The summed E-state index contributed by atoms with van der Waals surface area (Å²) >= 11 is 0. The molecule has 5 heteroatoms. The van der Waals surface area contributed by atoms with Gasteiger partial charge in [-0.2, -0.15) is 0 Å². The highest BCUT2D eigenvalue weighted by Crippen LogP contribution is 2.20. The van der Waals surface area contributed by atoms with E-state index >= 15 is 0 Å². The number of nitrogen functional groups attached to an aromatic ring is 1. The highest BCUT2D eigenvalue weighted by Gasteiger charge is 2.08. The van der Waals surface area contributed by atoms with Crippen molar-refractivity contribution in [3.05, 3.63) is 23.8 Å². The number of nitrogens with two attached hydrogens (primary N) is 1. The number of aromatic carboxylic acids is 1. The third-order valence-electron chi connectivity index (χ3n) is 1.75. The predicted octanol–water partition coefficient (Wildman–Crippen LogP) is 1.11. The molecule has 1 aromatic heterocycles. The fraction of sp³-hybridized carbons (Fsp3) is 0. The second-order valence-electron chi connectivity index (χ2n) is 2.58. The number of fused-ring (bicyclic) bond motifs is 1. The molecule has 0 saturated heterocycles. The number of hydrogen-bond acceptors (Lipinski definition) is 4. The number of carboxylic acid groups (broad SMARTS) is 1. The Labute approximate surface area is 72.7 Å². The van der Waals surface area contributed by atoms with Crippen molar-refractivity contribution in [3.63, 3.8) is 0 Å². The molecule has 0 amide bonds. The number of hydrogen-bond donors (Lipinski definition) is 2. The van der Waals surface area contributed by atoms with Gasteiger partial charge >= 0.3 is 5.97 Å². The largest absolute Gasteiger partial charge is 0.478 e. The van der Waals surface area contributed by atoms with Crippen LogP contribution in [0.25, 0.3) is 11.0 Å². The smallest absolute Gasteiger partial charge is 0.335 e. The van der Waals surface area contributed by atoms with Crippen LogP contribution in [0.15, 0.2) is 22.7 Å². The van der Waals surface area contributed by atoms with Crippen LogP contribution in [0.1, 0.15) is 10.4 Å². The molecule has 1 aromatic carbocycles. The van der Waals surface area contributed by atoms with E-state index in [9.17, 15) is 4.79 Å². The van der Waals surface area contributed by atoms with Crippen LogP contribution in [0.4, 0.5) is 5.82 Å². The molecule has 3 N–H and O–H groups in total. The van der Waals surface area contributed by atoms with E-state index in [1.54, 1.807) is 6.07 Å². The van der Waals surface area contributed by atoms with E-state index in [1.807, 2.05) is 0 Å².